The maximum atomic E-state index is 13.0. The normalized spacial score (nSPS) is 26.8. The van der Waals surface area contributed by atoms with Crippen molar-refractivity contribution in [3.05, 3.63) is 34.9 Å². The average Bonchev–Trinajstić information content (AvgIpc) is 3.10. The summed E-state index contributed by atoms with van der Waals surface area (Å²) in [7, 11) is 0. The van der Waals surface area contributed by atoms with E-state index >= 15 is 0 Å². The molecule has 3 fully saturated rings. The number of hydrogen-bond acceptors (Lipinski definition) is 6. The molecule has 3 amide bonds. The number of carbonyl (C=O) groups is 3. The van der Waals surface area contributed by atoms with E-state index in [2.05, 4.69) is 21.6 Å². The van der Waals surface area contributed by atoms with E-state index in [1.54, 1.807) is 4.90 Å². The first-order valence-corrected chi connectivity index (χ1v) is 11.8. The Morgan fingerprint density at radius 3 is 2.53 bits per heavy atom. The van der Waals surface area contributed by atoms with E-state index in [1.807, 2.05) is 12.1 Å². The maximum absolute atomic E-state index is 13.0. The molecule has 0 radical (unpaired) electrons. The Morgan fingerprint density at radius 2 is 1.81 bits per heavy atom. The highest BCUT2D eigenvalue weighted by Gasteiger charge is 2.40. The predicted molar refractivity (Wildman–Crippen MR) is 118 cm³/mol. The highest BCUT2D eigenvalue weighted by molar-refractivity contribution is 6.05. The Hall–Kier alpha value is -2.29. The molecule has 1 aromatic rings. The van der Waals surface area contributed by atoms with Gasteiger partial charge >= 0.3 is 0 Å². The summed E-state index contributed by atoms with van der Waals surface area (Å²) < 4.78 is 0. The third kappa shape index (κ3) is 4.07. The van der Waals surface area contributed by atoms with Crippen LogP contribution in [0.3, 0.4) is 0 Å². The minimum absolute atomic E-state index is 0.122. The molecule has 172 valence electrons. The molecule has 8 heteroatoms. The molecule has 0 aromatic heterocycles. The zero-order valence-electron chi connectivity index (χ0n) is 18.4. The Kier molecular flexibility index (Phi) is 5.77. The smallest absolute Gasteiger partial charge is 0.255 e. The van der Waals surface area contributed by atoms with Gasteiger partial charge in [-0.1, -0.05) is 12.1 Å². The Bertz CT molecular complexity index is 919. The first kappa shape index (κ1) is 21.6. The molecule has 5 rings (SSSR count). The first-order chi connectivity index (χ1) is 15.4. The number of rotatable bonds is 4. The molecule has 4 heterocycles. The molecule has 3 N–H and O–H groups in total. The van der Waals surface area contributed by atoms with Crippen molar-refractivity contribution in [2.75, 3.05) is 26.2 Å². The molecule has 8 nitrogen and oxygen atoms in total. The average molecular weight is 441 g/mol. The molecule has 4 aliphatic rings. The second kappa shape index (κ2) is 8.57. The van der Waals surface area contributed by atoms with Crippen molar-refractivity contribution in [1.29, 1.82) is 0 Å². The highest BCUT2D eigenvalue weighted by atomic mass is 16.3. The molecule has 1 unspecified atom stereocenters. The highest BCUT2D eigenvalue weighted by Crippen LogP contribution is 2.35. The molecule has 0 spiro atoms. The Morgan fingerprint density at radius 1 is 1.06 bits per heavy atom. The van der Waals surface area contributed by atoms with Crippen molar-refractivity contribution < 1.29 is 19.5 Å². The molecule has 4 aliphatic heterocycles. The molecule has 32 heavy (non-hydrogen) atoms. The van der Waals surface area contributed by atoms with Crippen LogP contribution in [0.15, 0.2) is 18.2 Å². The summed E-state index contributed by atoms with van der Waals surface area (Å²) in [5.74, 6) is -0.401. The first-order valence-electron chi connectivity index (χ1n) is 11.8. The molecule has 3 saturated heterocycles. The van der Waals surface area contributed by atoms with Crippen LogP contribution in [0, 0.1) is 5.92 Å². The molecule has 0 aliphatic carbocycles. The molecule has 1 atom stereocenters. The fraction of sp³-hybridized carbons (Fsp3) is 0.625. The summed E-state index contributed by atoms with van der Waals surface area (Å²) in [4.78, 5) is 40.7. The zero-order valence-corrected chi connectivity index (χ0v) is 18.4. The molecule has 0 bridgehead atoms. The number of hydrogen-bond donors (Lipinski definition) is 3. The van der Waals surface area contributed by atoms with Gasteiger partial charge in [0.2, 0.25) is 11.8 Å². The van der Waals surface area contributed by atoms with Gasteiger partial charge in [0.1, 0.15) is 6.04 Å². The van der Waals surface area contributed by atoms with Gasteiger partial charge in [0.15, 0.2) is 0 Å². The number of nitrogens with one attached hydrogen (secondary N) is 2. The van der Waals surface area contributed by atoms with Crippen molar-refractivity contribution in [1.82, 2.24) is 20.4 Å². The van der Waals surface area contributed by atoms with Crippen LogP contribution in [0.5, 0.6) is 0 Å². The number of likely N-dealkylation sites (tertiary alicyclic amines) is 1. The van der Waals surface area contributed by atoms with E-state index < -0.39 is 11.6 Å². The number of nitrogens with zero attached hydrogens (tertiary/aromatic N) is 2. The summed E-state index contributed by atoms with van der Waals surface area (Å²) in [5, 5.41) is 16.7. The fourth-order valence-corrected chi connectivity index (χ4v) is 5.85. The van der Waals surface area contributed by atoms with E-state index in [1.165, 1.54) is 0 Å². The van der Waals surface area contributed by atoms with Gasteiger partial charge in [0, 0.05) is 25.1 Å². The van der Waals surface area contributed by atoms with Crippen LogP contribution in [0.4, 0.5) is 0 Å². The SMILES string of the molecule is O=C1CCC(N2Cc3ccc(CN4CCC(C5(O)CCNCC5)CC4)cc3C2=O)C(=O)N1. The van der Waals surface area contributed by atoms with E-state index in [0.29, 0.717) is 24.4 Å². The molecular weight excluding hydrogens is 408 g/mol. The van der Waals surface area contributed by atoms with Crippen molar-refractivity contribution in [2.24, 2.45) is 5.92 Å². The summed E-state index contributed by atoms with van der Waals surface area (Å²) in [5.41, 5.74) is 2.19. The lowest BCUT2D eigenvalue weighted by atomic mass is 9.75. The van der Waals surface area contributed by atoms with E-state index in [4.69, 9.17) is 0 Å². The second-order valence-electron chi connectivity index (χ2n) is 9.80. The van der Waals surface area contributed by atoms with Crippen LogP contribution in [-0.4, -0.2) is 70.4 Å². The lowest BCUT2D eigenvalue weighted by Crippen LogP contribution is -2.52. The van der Waals surface area contributed by atoms with Crippen LogP contribution in [0.25, 0.3) is 0 Å². The predicted octanol–water partition coefficient (Wildman–Crippen LogP) is 0.774. The zero-order chi connectivity index (χ0) is 22.3. The van der Waals surface area contributed by atoms with Crippen LogP contribution in [-0.2, 0) is 22.7 Å². The van der Waals surface area contributed by atoms with E-state index in [9.17, 15) is 19.5 Å². The number of benzene rings is 1. The van der Waals surface area contributed by atoms with Crippen molar-refractivity contribution in [2.45, 2.75) is 63.3 Å². The van der Waals surface area contributed by atoms with Gasteiger partial charge in [0.25, 0.3) is 5.91 Å². The lowest BCUT2D eigenvalue weighted by Gasteiger charge is -2.43. The van der Waals surface area contributed by atoms with E-state index in [-0.39, 0.29) is 24.1 Å². The van der Waals surface area contributed by atoms with Gasteiger partial charge in [-0.05, 0) is 81.4 Å². The van der Waals surface area contributed by atoms with Gasteiger partial charge in [-0.15, -0.1) is 0 Å². The van der Waals surface area contributed by atoms with Crippen LogP contribution in [0.2, 0.25) is 0 Å². The lowest BCUT2D eigenvalue weighted by molar-refractivity contribution is -0.136. The summed E-state index contributed by atoms with van der Waals surface area (Å²) in [6.45, 7) is 4.90. The van der Waals surface area contributed by atoms with Crippen LogP contribution < -0.4 is 10.6 Å². The molecular formula is C24H32N4O4. The van der Waals surface area contributed by atoms with Crippen LogP contribution in [0.1, 0.15) is 60.0 Å². The fourth-order valence-electron chi connectivity index (χ4n) is 5.85. The van der Waals surface area contributed by atoms with Gasteiger partial charge in [-0.3, -0.25) is 24.6 Å². The number of imide groups is 1. The summed E-state index contributed by atoms with van der Waals surface area (Å²) >= 11 is 0. The van der Waals surface area contributed by atoms with Gasteiger partial charge in [0.05, 0.1) is 5.60 Å². The van der Waals surface area contributed by atoms with Gasteiger partial charge in [-0.25, -0.2) is 0 Å². The minimum atomic E-state index is -0.573. The largest absolute Gasteiger partial charge is 0.390 e. The third-order valence-electron chi connectivity index (χ3n) is 7.82. The third-order valence-corrected chi connectivity index (χ3v) is 7.82. The summed E-state index contributed by atoms with van der Waals surface area (Å²) in [6.07, 6.45) is 4.34. The quantitative estimate of drug-likeness (QED) is 0.598. The van der Waals surface area contributed by atoms with Crippen molar-refractivity contribution >= 4 is 17.7 Å². The van der Waals surface area contributed by atoms with Gasteiger partial charge in [-0.2, -0.15) is 0 Å². The minimum Gasteiger partial charge on any atom is -0.390 e. The number of carbonyl (C=O) groups excluding carboxylic acids is 3. The number of aliphatic hydroxyl groups is 1. The number of piperidine rings is 3. The van der Waals surface area contributed by atoms with Gasteiger partial charge < -0.3 is 15.3 Å². The second-order valence-corrected chi connectivity index (χ2v) is 9.80. The number of fused-ring (bicyclic) bond motifs is 1. The molecule has 0 saturated carbocycles. The van der Waals surface area contributed by atoms with Crippen LogP contribution >= 0.6 is 0 Å². The van der Waals surface area contributed by atoms with E-state index in [0.717, 1.165) is 69.5 Å². The monoisotopic (exact) mass is 440 g/mol. The summed E-state index contributed by atoms with van der Waals surface area (Å²) in [6, 6.07) is 5.47. The van der Waals surface area contributed by atoms with Crippen molar-refractivity contribution in [3.8, 4) is 0 Å². The Labute approximate surface area is 188 Å². The molecule has 1 aromatic carbocycles. The Balaban J connectivity index is 1.20. The van der Waals surface area contributed by atoms with Crippen molar-refractivity contribution in [3.63, 3.8) is 0 Å². The number of amides is 3. The standard InChI is InChI=1S/C24H32N4O4/c29-21-4-3-20(22(30)26-21)28-15-17-2-1-16(13-19(17)23(28)31)14-27-11-5-18(6-12-27)24(32)7-9-25-10-8-24/h1-2,13,18,20,25,32H,3-12,14-15H2,(H,26,29,30). The maximum Gasteiger partial charge on any atom is 0.255 e. The topological polar surface area (TPSA) is 102 Å².